The zero-order valence-corrected chi connectivity index (χ0v) is 13.3. The Balaban J connectivity index is 1.36. The number of ether oxygens (including phenoxy) is 3. The van der Waals surface area contributed by atoms with Crippen LogP contribution in [-0.4, -0.2) is 23.7 Å². The van der Waals surface area contributed by atoms with Gasteiger partial charge in [0.05, 0.1) is 6.20 Å². The predicted octanol–water partition coefficient (Wildman–Crippen LogP) is 3.22. The molecule has 1 aliphatic rings. The summed E-state index contributed by atoms with van der Waals surface area (Å²) in [5.74, 6) is 1.57. The molecule has 0 amide bonds. The van der Waals surface area contributed by atoms with E-state index in [2.05, 4.69) is 4.98 Å². The van der Waals surface area contributed by atoms with Gasteiger partial charge in [0.15, 0.2) is 23.9 Å². The van der Waals surface area contributed by atoms with Crippen molar-refractivity contribution < 1.29 is 23.4 Å². The minimum absolute atomic E-state index is 0.0623. The van der Waals surface area contributed by atoms with Crippen LogP contribution in [0, 0.1) is 0 Å². The SMILES string of the molecule is O=C(OCc1ncc(-c2ccccc2)o1)[C@@H]1COc2ccccc2O1. The average molecular weight is 337 g/mol. The molecule has 0 N–H and O–H groups in total. The molecule has 0 saturated carbocycles. The fourth-order valence-electron chi connectivity index (χ4n) is 2.47. The number of oxazole rings is 1. The summed E-state index contributed by atoms with van der Waals surface area (Å²) in [6.07, 6.45) is 0.799. The number of para-hydroxylation sites is 2. The number of aromatic nitrogens is 1. The number of esters is 1. The highest BCUT2D eigenvalue weighted by Gasteiger charge is 2.29. The molecule has 0 bridgehead atoms. The number of carbonyl (C=O) groups is 1. The Morgan fingerprint density at radius 3 is 2.68 bits per heavy atom. The molecule has 2 heterocycles. The van der Waals surface area contributed by atoms with E-state index in [1.54, 1.807) is 18.3 Å². The van der Waals surface area contributed by atoms with Crippen molar-refractivity contribution in [3.63, 3.8) is 0 Å². The van der Waals surface area contributed by atoms with E-state index in [9.17, 15) is 4.79 Å². The molecule has 126 valence electrons. The van der Waals surface area contributed by atoms with Gasteiger partial charge in [-0.05, 0) is 12.1 Å². The molecule has 0 unspecified atom stereocenters. The molecule has 4 rings (SSSR count). The first-order valence-electron chi connectivity index (χ1n) is 7.85. The summed E-state index contributed by atoms with van der Waals surface area (Å²) in [4.78, 5) is 16.3. The van der Waals surface area contributed by atoms with E-state index in [4.69, 9.17) is 18.6 Å². The van der Waals surface area contributed by atoms with Crippen LogP contribution in [0.5, 0.6) is 11.5 Å². The highest BCUT2D eigenvalue weighted by Crippen LogP contribution is 2.31. The summed E-state index contributed by atoms with van der Waals surface area (Å²) < 4.78 is 21.9. The van der Waals surface area contributed by atoms with Crippen LogP contribution in [-0.2, 0) is 16.1 Å². The molecule has 0 aliphatic carbocycles. The van der Waals surface area contributed by atoms with Crippen molar-refractivity contribution in [2.75, 3.05) is 6.61 Å². The van der Waals surface area contributed by atoms with Crippen LogP contribution in [0.4, 0.5) is 0 Å². The van der Waals surface area contributed by atoms with Crippen molar-refractivity contribution in [1.29, 1.82) is 0 Å². The molecule has 1 aromatic heterocycles. The van der Waals surface area contributed by atoms with E-state index in [1.807, 2.05) is 42.5 Å². The molecule has 6 heteroatoms. The topological polar surface area (TPSA) is 70.8 Å². The minimum Gasteiger partial charge on any atom is -0.485 e. The van der Waals surface area contributed by atoms with Crippen molar-refractivity contribution >= 4 is 5.97 Å². The van der Waals surface area contributed by atoms with Crippen molar-refractivity contribution in [2.24, 2.45) is 0 Å². The highest BCUT2D eigenvalue weighted by molar-refractivity contribution is 5.76. The minimum atomic E-state index is -0.807. The molecule has 1 aliphatic heterocycles. The van der Waals surface area contributed by atoms with Gasteiger partial charge in [-0.2, -0.15) is 0 Å². The Bertz CT molecular complexity index is 874. The third-order valence-electron chi connectivity index (χ3n) is 3.72. The zero-order valence-electron chi connectivity index (χ0n) is 13.3. The first kappa shape index (κ1) is 15.3. The highest BCUT2D eigenvalue weighted by atomic mass is 16.6. The second-order valence-electron chi connectivity index (χ2n) is 5.46. The smallest absolute Gasteiger partial charge is 0.351 e. The lowest BCUT2D eigenvalue weighted by atomic mass is 10.2. The van der Waals surface area contributed by atoms with Gasteiger partial charge in [-0.3, -0.25) is 0 Å². The van der Waals surface area contributed by atoms with Crippen LogP contribution < -0.4 is 9.47 Å². The average Bonchev–Trinajstić information content (AvgIpc) is 3.15. The maximum absolute atomic E-state index is 12.2. The van der Waals surface area contributed by atoms with E-state index in [0.29, 0.717) is 23.1 Å². The predicted molar refractivity (Wildman–Crippen MR) is 88.1 cm³/mol. The molecule has 0 spiro atoms. The molecule has 6 nitrogen and oxygen atoms in total. The Labute approximate surface area is 144 Å². The number of carbonyl (C=O) groups excluding carboxylic acids is 1. The molecule has 0 radical (unpaired) electrons. The molecular formula is C19H15NO5. The summed E-state index contributed by atoms with van der Waals surface area (Å²) in [5.41, 5.74) is 0.910. The summed E-state index contributed by atoms with van der Waals surface area (Å²) in [6, 6.07) is 16.8. The number of nitrogens with zero attached hydrogens (tertiary/aromatic N) is 1. The summed E-state index contributed by atoms with van der Waals surface area (Å²) >= 11 is 0. The van der Waals surface area contributed by atoms with Gasteiger partial charge in [-0.15, -0.1) is 0 Å². The Morgan fingerprint density at radius 1 is 1.08 bits per heavy atom. The van der Waals surface area contributed by atoms with Crippen molar-refractivity contribution in [1.82, 2.24) is 4.98 Å². The summed E-state index contributed by atoms with van der Waals surface area (Å²) in [6.45, 7) is 0.0455. The van der Waals surface area contributed by atoms with Gasteiger partial charge >= 0.3 is 5.97 Å². The molecule has 3 aromatic rings. The fourth-order valence-corrected chi connectivity index (χ4v) is 2.47. The van der Waals surface area contributed by atoms with E-state index < -0.39 is 12.1 Å². The lowest BCUT2D eigenvalue weighted by Crippen LogP contribution is -2.37. The number of fused-ring (bicyclic) bond motifs is 1. The summed E-state index contributed by atoms with van der Waals surface area (Å²) in [5, 5.41) is 0. The lowest BCUT2D eigenvalue weighted by Gasteiger charge is -2.24. The van der Waals surface area contributed by atoms with Gasteiger partial charge < -0.3 is 18.6 Å². The largest absolute Gasteiger partial charge is 0.485 e. The van der Waals surface area contributed by atoms with Gasteiger partial charge in [0.25, 0.3) is 0 Å². The maximum Gasteiger partial charge on any atom is 0.351 e. The first-order chi connectivity index (χ1) is 12.3. The monoisotopic (exact) mass is 337 g/mol. The Morgan fingerprint density at radius 2 is 1.84 bits per heavy atom. The van der Waals surface area contributed by atoms with E-state index in [0.717, 1.165) is 5.56 Å². The van der Waals surface area contributed by atoms with Crippen LogP contribution in [0.1, 0.15) is 5.89 Å². The van der Waals surface area contributed by atoms with Gasteiger partial charge in [0.1, 0.15) is 6.61 Å². The Kier molecular flexibility index (Phi) is 4.08. The number of hydrogen-bond donors (Lipinski definition) is 0. The van der Waals surface area contributed by atoms with E-state index in [-0.39, 0.29) is 13.2 Å². The molecule has 2 aromatic carbocycles. The fraction of sp³-hybridized carbons (Fsp3) is 0.158. The molecule has 1 atom stereocenters. The van der Waals surface area contributed by atoms with Crippen molar-refractivity contribution in [2.45, 2.75) is 12.7 Å². The lowest BCUT2D eigenvalue weighted by molar-refractivity contribution is -0.156. The molecule has 0 saturated heterocycles. The second kappa shape index (κ2) is 6.68. The van der Waals surface area contributed by atoms with Gasteiger partial charge in [-0.1, -0.05) is 42.5 Å². The number of hydrogen-bond acceptors (Lipinski definition) is 6. The van der Waals surface area contributed by atoms with E-state index >= 15 is 0 Å². The zero-order chi connectivity index (χ0) is 17.1. The third kappa shape index (κ3) is 3.33. The quantitative estimate of drug-likeness (QED) is 0.681. The van der Waals surface area contributed by atoms with Gasteiger partial charge in [0.2, 0.25) is 12.0 Å². The normalized spacial score (nSPS) is 15.6. The van der Waals surface area contributed by atoms with Crippen molar-refractivity contribution in [3.8, 4) is 22.8 Å². The molecule has 25 heavy (non-hydrogen) atoms. The van der Waals surface area contributed by atoms with Crippen LogP contribution in [0.2, 0.25) is 0 Å². The van der Waals surface area contributed by atoms with Crippen molar-refractivity contribution in [3.05, 3.63) is 66.7 Å². The first-order valence-corrected chi connectivity index (χ1v) is 7.85. The van der Waals surface area contributed by atoms with Crippen LogP contribution in [0.15, 0.2) is 65.2 Å². The molecular weight excluding hydrogens is 322 g/mol. The number of benzene rings is 2. The Hall–Kier alpha value is -3.28. The maximum atomic E-state index is 12.2. The van der Waals surface area contributed by atoms with Gasteiger partial charge in [-0.25, -0.2) is 9.78 Å². The summed E-state index contributed by atoms with van der Waals surface area (Å²) in [7, 11) is 0. The standard InChI is InChI=1S/C19H15NO5/c21-19(17-11-22-14-8-4-5-9-15(14)24-17)23-12-18-20-10-16(25-18)13-6-2-1-3-7-13/h1-10,17H,11-12H2/t17-/m0/s1. The van der Waals surface area contributed by atoms with Crippen LogP contribution >= 0.6 is 0 Å². The third-order valence-corrected chi connectivity index (χ3v) is 3.72. The van der Waals surface area contributed by atoms with Crippen LogP contribution in [0.25, 0.3) is 11.3 Å². The number of rotatable bonds is 4. The van der Waals surface area contributed by atoms with Gasteiger partial charge in [0, 0.05) is 5.56 Å². The van der Waals surface area contributed by atoms with E-state index in [1.165, 1.54) is 0 Å². The second-order valence-corrected chi connectivity index (χ2v) is 5.46. The molecule has 0 fully saturated rings. The van der Waals surface area contributed by atoms with Crippen LogP contribution in [0.3, 0.4) is 0 Å².